The Hall–Kier alpha value is -1.46. The average Bonchev–Trinajstić information content (AvgIpc) is 2.50. The van der Waals surface area contributed by atoms with Crippen molar-refractivity contribution in [3.05, 3.63) is 55.9 Å². The van der Waals surface area contributed by atoms with E-state index in [1.165, 1.54) is 0 Å². The fourth-order valence-corrected chi connectivity index (χ4v) is 2.12. The van der Waals surface area contributed by atoms with Crippen molar-refractivity contribution in [1.29, 1.82) is 0 Å². The second-order valence-corrected chi connectivity index (χ2v) is 4.97. The second-order valence-electron chi connectivity index (χ2n) is 3.89. The molecule has 0 unspecified atom stereocenters. The van der Waals surface area contributed by atoms with Crippen LogP contribution in [0.2, 0.25) is 0 Å². The first kappa shape index (κ1) is 16.9. The molecule has 0 fully saturated rings. The van der Waals surface area contributed by atoms with E-state index in [0.717, 1.165) is 22.6 Å². The molecule has 0 aliphatic rings. The van der Waals surface area contributed by atoms with Crippen LogP contribution < -0.4 is 0 Å². The molecule has 2 aromatic carbocycles. The van der Waals surface area contributed by atoms with Crippen LogP contribution in [-0.4, -0.2) is 0 Å². The highest BCUT2D eigenvalue weighted by molar-refractivity contribution is 14.1. The SMILES string of the molecule is Fc1c(F)c(F)c(-c2c(F)c(F)c(I)c(F)c2F)c(F)c1F. The van der Waals surface area contributed by atoms with Gasteiger partial charge in [0.2, 0.25) is 5.82 Å². The zero-order valence-electron chi connectivity index (χ0n) is 9.78. The average molecular weight is 442 g/mol. The molecular weight excluding hydrogens is 442 g/mol. The van der Waals surface area contributed by atoms with Gasteiger partial charge in [-0.1, -0.05) is 0 Å². The Morgan fingerprint density at radius 2 is 0.591 bits per heavy atom. The highest BCUT2D eigenvalue weighted by Crippen LogP contribution is 2.37. The molecule has 0 N–H and O–H groups in total. The molecule has 10 heteroatoms. The first-order valence-electron chi connectivity index (χ1n) is 5.14. The van der Waals surface area contributed by atoms with Crippen LogP contribution in [-0.2, 0) is 0 Å². The zero-order chi connectivity index (χ0) is 16.9. The molecule has 0 saturated heterocycles. The first-order valence-corrected chi connectivity index (χ1v) is 6.22. The molecule has 0 aliphatic heterocycles. The Morgan fingerprint density at radius 3 is 0.909 bits per heavy atom. The maximum atomic E-state index is 13.7. The van der Waals surface area contributed by atoms with E-state index >= 15 is 0 Å². The van der Waals surface area contributed by atoms with Gasteiger partial charge in [0, 0.05) is 0 Å². The van der Waals surface area contributed by atoms with Crippen molar-refractivity contribution in [2.45, 2.75) is 0 Å². The fraction of sp³-hybridized carbons (Fsp3) is 0. The largest absolute Gasteiger partial charge is 0.203 e. The van der Waals surface area contributed by atoms with Gasteiger partial charge in [0.15, 0.2) is 46.5 Å². The number of rotatable bonds is 1. The van der Waals surface area contributed by atoms with Crippen LogP contribution in [0.4, 0.5) is 39.5 Å². The summed E-state index contributed by atoms with van der Waals surface area (Å²) < 4.78 is 119. The minimum atomic E-state index is -2.59. The van der Waals surface area contributed by atoms with Gasteiger partial charge < -0.3 is 0 Å². The molecule has 0 radical (unpaired) electrons. The van der Waals surface area contributed by atoms with Gasteiger partial charge in [0.05, 0.1) is 14.7 Å². The third-order valence-corrected chi connectivity index (χ3v) is 3.62. The number of benzene rings is 2. The fourth-order valence-electron chi connectivity index (χ4n) is 1.65. The smallest absolute Gasteiger partial charge is 0.200 e. The normalized spacial score (nSPS) is 11.2. The summed E-state index contributed by atoms with van der Waals surface area (Å²) in [5.74, 6) is -21.5. The standard InChI is InChI=1S/C12F9I/c13-3-1(4(14)8(18)9(19)7(3)17)2-5(15)10(20)12(22)11(21)6(2)16. The molecule has 0 aliphatic carbocycles. The van der Waals surface area contributed by atoms with E-state index in [0.29, 0.717) is 0 Å². The maximum Gasteiger partial charge on any atom is 0.200 e. The van der Waals surface area contributed by atoms with Gasteiger partial charge in [0.25, 0.3) is 0 Å². The number of hydrogen-bond donors (Lipinski definition) is 0. The third kappa shape index (κ3) is 2.23. The minimum absolute atomic E-state index is 0.867. The molecule has 0 nitrogen and oxygen atoms in total. The lowest BCUT2D eigenvalue weighted by Gasteiger charge is -2.12. The maximum absolute atomic E-state index is 13.7. The Kier molecular flexibility index (Phi) is 4.33. The molecule has 2 rings (SSSR count). The Morgan fingerprint density at radius 1 is 0.364 bits per heavy atom. The third-order valence-electron chi connectivity index (χ3n) is 2.67. The highest BCUT2D eigenvalue weighted by Gasteiger charge is 2.33. The van der Waals surface area contributed by atoms with E-state index in [1.807, 2.05) is 0 Å². The molecule has 0 aromatic heterocycles. The Labute approximate surface area is 129 Å². The summed E-state index contributed by atoms with van der Waals surface area (Å²) in [6, 6.07) is 0. The quantitative estimate of drug-likeness (QED) is 0.246. The minimum Gasteiger partial charge on any atom is -0.203 e. The summed E-state index contributed by atoms with van der Waals surface area (Å²) >= 11 is 0.867. The molecule has 0 amide bonds. The molecule has 0 spiro atoms. The van der Waals surface area contributed by atoms with Gasteiger partial charge in [-0.15, -0.1) is 0 Å². The van der Waals surface area contributed by atoms with Gasteiger partial charge in [-0.3, -0.25) is 0 Å². The molecule has 22 heavy (non-hydrogen) atoms. The lowest BCUT2D eigenvalue weighted by molar-refractivity contribution is 0.379. The molecule has 0 atom stereocenters. The van der Waals surface area contributed by atoms with Crippen LogP contribution in [0.25, 0.3) is 11.1 Å². The van der Waals surface area contributed by atoms with Crippen LogP contribution in [0.5, 0.6) is 0 Å². The molecule has 118 valence electrons. The van der Waals surface area contributed by atoms with Gasteiger partial charge in [-0.05, 0) is 22.6 Å². The van der Waals surface area contributed by atoms with Gasteiger partial charge >= 0.3 is 0 Å². The monoisotopic (exact) mass is 442 g/mol. The van der Waals surface area contributed by atoms with E-state index in [9.17, 15) is 39.5 Å². The summed E-state index contributed by atoms with van der Waals surface area (Å²) in [4.78, 5) is 0. The van der Waals surface area contributed by atoms with Crippen LogP contribution in [0.1, 0.15) is 0 Å². The summed E-state index contributed by atoms with van der Waals surface area (Å²) in [7, 11) is 0. The molecule has 2 aromatic rings. The number of halogens is 10. The highest BCUT2D eigenvalue weighted by atomic mass is 127. The first-order chi connectivity index (χ1) is 10.1. The lowest BCUT2D eigenvalue weighted by atomic mass is 10.0. The summed E-state index contributed by atoms with van der Waals surface area (Å²) in [5.41, 5.74) is -4.12. The van der Waals surface area contributed by atoms with Gasteiger partial charge in [-0.2, -0.15) is 0 Å². The van der Waals surface area contributed by atoms with Crippen molar-refractivity contribution in [1.82, 2.24) is 0 Å². The van der Waals surface area contributed by atoms with Crippen molar-refractivity contribution >= 4 is 22.6 Å². The van der Waals surface area contributed by atoms with Crippen LogP contribution in [0.15, 0.2) is 0 Å². The van der Waals surface area contributed by atoms with Crippen molar-refractivity contribution < 1.29 is 39.5 Å². The summed E-state index contributed by atoms with van der Waals surface area (Å²) in [6.45, 7) is 0. The molecule has 0 saturated carbocycles. The van der Waals surface area contributed by atoms with Gasteiger partial charge in [-0.25, -0.2) is 39.5 Å². The molecule has 0 bridgehead atoms. The van der Waals surface area contributed by atoms with E-state index in [2.05, 4.69) is 0 Å². The van der Waals surface area contributed by atoms with Crippen molar-refractivity contribution in [3.8, 4) is 11.1 Å². The van der Waals surface area contributed by atoms with Gasteiger partial charge in [0.1, 0.15) is 0 Å². The topological polar surface area (TPSA) is 0 Å². The summed E-state index contributed by atoms with van der Waals surface area (Å²) in [5, 5.41) is 0. The Balaban J connectivity index is 3.03. The van der Waals surface area contributed by atoms with Crippen LogP contribution in [0, 0.1) is 55.9 Å². The van der Waals surface area contributed by atoms with Crippen LogP contribution >= 0.6 is 22.6 Å². The van der Waals surface area contributed by atoms with Crippen LogP contribution in [0.3, 0.4) is 0 Å². The van der Waals surface area contributed by atoms with E-state index in [1.54, 1.807) is 0 Å². The van der Waals surface area contributed by atoms with Crippen molar-refractivity contribution in [3.63, 3.8) is 0 Å². The Bertz CT molecular complexity index is 675. The summed E-state index contributed by atoms with van der Waals surface area (Å²) in [6.07, 6.45) is 0. The predicted octanol–water partition coefficient (Wildman–Crippen LogP) is 5.21. The zero-order valence-corrected chi connectivity index (χ0v) is 11.9. The second kappa shape index (κ2) is 5.63. The van der Waals surface area contributed by atoms with Crippen molar-refractivity contribution in [2.24, 2.45) is 0 Å². The molecule has 0 heterocycles. The predicted molar refractivity (Wildman–Crippen MR) is 64.2 cm³/mol. The van der Waals surface area contributed by atoms with E-state index in [-0.39, 0.29) is 0 Å². The van der Waals surface area contributed by atoms with E-state index < -0.39 is 67.1 Å². The lowest BCUT2D eigenvalue weighted by Crippen LogP contribution is -2.09. The number of hydrogen-bond acceptors (Lipinski definition) is 0. The van der Waals surface area contributed by atoms with Crippen molar-refractivity contribution in [2.75, 3.05) is 0 Å². The molecular formula is C12F9I. The van der Waals surface area contributed by atoms with E-state index in [4.69, 9.17) is 0 Å².